The maximum absolute atomic E-state index is 11.1. The van der Waals surface area contributed by atoms with E-state index in [0.29, 0.717) is 6.07 Å². The Balaban J connectivity index is 4.00. The Hall–Kier alpha value is -3.10. The molecule has 0 spiro atoms. The van der Waals surface area contributed by atoms with E-state index in [4.69, 9.17) is 20.4 Å². The van der Waals surface area contributed by atoms with Crippen LogP contribution < -0.4 is 4.74 Å². The number of carbonyl (C=O) groups is 4. The van der Waals surface area contributed by atoms with Gasteiger partial charge in [0.1, 0.15) is 16.9 Å². The van der Waals surface area contributed by atoms with Crippen molar-refractivity contribution >= 4 is 23.9 Å². The number of rotatable bonds is 5. The van der Waals surface area contributed by atoms with Crippen molar-refractivity contribution in [2.24, 2.45) is 0 Å². The quantitative estimate of drug-likeness (QED) is 0.603. The SMILES string of the molecule is COc1c(C(=O)O)cc(C(=O)O)c(C(=O)O)c1C(=O)O. The second-order valence-corrected chi connectivity index (χ2v) is 3.48. The molecule has 4 N–H and O–H groups in total. The molecule has 0 unspecified atom stereocenters. The number of benzene rings is 1. The van der Waals surface area contributed by atoms with E-state index in [-0.39, 0.29) is 0 Å². The molecule has 0 radical (unpaired) electrons. The molecule has 0 aliphatic heterocycles. The molecule has 20 heavy (non-hydrogen) atoms. The lowest BCUT2D eigenvalue weighted by molar-refractivity contribution is 0.0628. The maximum Gasteiger partial charge on any atom is 0.340 e. The first-order chi connectivity index (χ1) is 9.22. The molecule has 0 bridgehead atoms. The second-order valence-electron chi connectivity index (χ2n) is 3.48. The van der Waals surface area contributed by atoms with Gasteiger partial charge in [0.25, 0.3) is 0 Å². The summed E-state index contributed by atoms with van der Waals surface area (Å²) in [7, 11) is 0.945. The summed E-state index contributed by atoms with van der Waals surface area (Å²) in [5, 5.41) is 35.8. The molecule has 106 valence electrons. The summed E-state index contributed by atoms with van der Waals surface area (Å²) in [5.74, 6) is -7.79. The molecular formula is C11H8O9. The summed E-state index contributed by atoms with van der Waals surface area (Å²) in [6, 6.07) is 0.541. The van der Waals surface area contributed by atoms with Gasteiger partial charge < -0.3 is 25.2 Å². The van der Waals surface area contributed by atoms with Crippen molar-refractivity contribution in [3.63, 3.8) is 0 Å². The molecular weight excluding hydrogens is 276 g/mol. The lowest BCUT2D eigenvalue weighted by Crippen LogP contribution is -2.19. The van der Waals surface area contributed by atoms with Gasteiger partial charge in [-0.15, -0.1) is 0 Å². The first-order valence-corrected chi connectivity index (χ1v) is 4.90. The van der Waals surface area contributed by atoms with E-state index >= 15 is 0 Å². The summed E-state index contributed by atoms with van der Waals surface area (Å²) < 4.78 is 4.61. The van der Waals surface area contributed by atoms with E-state index in [1.807, 2.05) is 0 Å². The highest BCUT2D eigenvalue weighted by Crippen LogP contribution is 2.31. The average Bonchev–Trinajstić information content (AvgIpc) is 2.35. The van der Waals surface area contributed by atoms with E-state index in [1.165, 1.54) is 0 Å². The monoisotopic (exact) mass is 284 g/mol. The largest absolute Gasteiger partial charge is 0.495 e. The number of hydrogen-bond donors (Lipinski definition) is 4. The smallest absolute Gasteiger partial charge is 0.340 e. The van der Waals surface area contributed by atoms with Crippen LogP contribution in [0.4, 0.5) is 0 Å². The lowest BCUT2D eigenvalue weighted by Gasteiger charge is -2.13. The highest BCUT2D eigenvalue weighted by Gasteiger charge is 2.32. The second kappa shape index (κ2) is 5.26. The molecule has 0 saturated carbocycles. The van der Waals surface area contributed by atoms with Crippen LogP contribution in [0.15, 0.2) is 6.07 Å². The first-order valence-electron chi connectivity index (χ1n) is 4.90. The summed E-state index contributed by atoms with van der Waals surface area (Å²) in [6.45, 7) is 0. The molecule has 0 aliphatic rings. The molecule has 0 heterocycles. The van der Waals surface area contributed by atoms with E-state index in [0.717, 1.165) is 7.11 Å². The fraction of sp³-hybridized carbons (Fsp3) is 0.0909. The third kappa shape index (κ3) is 2.36. The van der Waals surface area contributed by atoms with Crippen molar-refractivity contribution in [2.75, 3.05) is 7.11 Å². The molecule has 0 saturated heterocycles. The van der Waals surface area contributed by atoms with Gasteiger partial charge in [-0.05, 0) is 6.07 Å². The molecule has 1 aromatic carbocycles. The molecule has 9 nitrogen and oxygen atoms in total. The number of carboxylic acid groups (broad SMARTS) is 4. The molecule has 1 rings (SSSR count). The molecule has 0 aliphatic carbocycles. The summed E-state index contributed by atoms with van der Waals surface area (Å²) in [5.41, 5.74) is -3.79. The Morgan fingerprint density at radius 3 is 1.55 bits per heavy atom. The van der Waals surface area contributed by atoms with Crippen molar-refractivity contribution in [3.05, 3.63) is 28.3 Å². The standard InChI is InChI=1S/C11H8O9/c1-20-7-4(9(14)15)2-3(8(12)13)5(10(16)17)6(7)11(18)19/h2H,1H3,(H,12,13)(H,14,15)(H,16,17)(H,18,19). The van der Waals surface area contributed by atoms with Crippen molar-refractivity contribution in [1.29, 1.82) is 0 Å². The fourth-order valence-corrected chi connectivity index (χ4v) is 1.63. The van der Waals surface area contributed by atoms with Crippen LogP contribution in [-0.4, -0.2) is 51.4 Å². The van der Waals surface area contributed by atoms with E-state index in [1.54, 1.807) is 0 Å². The van der Waals surface area contributed by atoms with Gasteiger partial charge in [0, 0.05) is 0 Å². The minimum atomic E-state index is -1.82. The van der Waals surface area contributed by atoms with E-state index < -0.39 is 51.9 Å². The van der Waals surface area contributed by atoms with Crippen LogP contribution in [-0.2, 0) is 0 Å². The van der Waals surface area contributed by atoms with Crippen LogP contribution in [0.3, 0.4) is 0 Å². The number of carboxylic acids is 4. The van der Waals surface area contributed by atoms with Crippen LogP contribution in [0.25, 0.3) is 0 Å². The number of hydrogen-bond acceptors (Lipinski definition) is 5. The van der Waals surface area contributed by atoms with Crippen molar-refractivity contribution < 1.29 is 44.3 Å². The highest BCUT2D eigenvalue weighted by atomic mass is 16.5. The minimum absolute atomic E-state index is 0.541. The summed E-state index contributed by atoms with van der Waals surface area (Å²) in [6.07, 6.45) is 0. The summed E-state index contributed by atoms with van der Waals surface area (Å²) >= 11 is 0. The molecule has 0 aromatic heterocycles. The van der Waals surface area contributed by atoms with Crippen molar-refractivity contribution in [1.82, 2.24) is 0 Å². The summed E-state index contributed by atoms with van der Waals surface area (Å²) in [4.78, 5) is 44.2. The zero-order chi connectivity index (χ0) is 15.6. The Kier molecular flexibility index (Phi) is 3.94. The third-order valence-corrected chi connectivity index (χ3v) is 2.37. The highest BCUT2D eigenvalue weighted by molar-refractivity contribution is 6.13. The topological polar surface area (TPSA) is 158 Å². The Bertz CT molecular complexity index is 629. The molecule has 0 fully saturated rings. The van der Waals surface area contributed by atoms with Crippen LogP contribution in [0.5, 0.6) is 5.75 Å². The zero-order valence-corrected chi connectivity index (χ0v) is 9.91. The van der Waals surface area contributed by atoms with E-state index in [2.05, 4.69) is 4.74 Å². The normalized spacial score (nSPS) is 9.85. The Morgan fingerprint density at radius 2 is 1.25 bits per heavy atom. The molecule has 9 heteroatoms. The first kappa shape index (κ1) is 15.0. The lowest BCUT2D eigenvalue weighted by atomic mass is 9.95. The maximum atomic E-state index is 11.1. The van der Waals surface area contributed by atoms with E-state index in [9.17, 15) is 19.2 Å². The molecule has 0 amide bonds. The average molecular weight is 284 g/mol. The Morgan fingerprint density at radius 1 is 0.800 bits per heavy atom. The van der Waals surface area contributed by atoms with Gasteiger partial charge >= 0.3 is 23.9 Å². The number of ether oxygens (including phenoxy) is 1. The predicted octanol–water partition coefficient (Wildman–Crippen LogP) is 0.488. The Labute approximate surface area is 110 Å². The molecule has 0 atom stereocenters. The van der Waals surface area contributed by atoms with Crippen molar-refractivity contribution in [2.45, 2.75) is 0 Å². The third-order valence-electron chi connectivity index (χ3n) is 2.37. The van der Waals surface area contributed by atoms with Gasteiger partial charge in [0.15, 0.2) is 0 Å². The van der Waals surface area contributed by atoms with Gasteiger partial charge in [-0.25, -0.2) is 19.2 Å². The predicted molar refractivity (Wildman–Crippen MR) is 60.8 cm³/mol. The van der Waals surface area contributed by atoms with Crippen LogP contribution in [0.2, 0.25) is 0 Å². The van der Waals surface area contributed by atoms with Crippen LogP contribution in [0, 0.1) is 0 Å². The van der Waals surface area contributed by atoms with Gasteiger partial charge in [-0.3, -0.25) is 0 Å². The van der Waals surface area contributed by atoms with Gasteiger partial charge in [-0.1, -0.05) is 0 Å². The van der Waals surface area contributed by atoms with Crippen molar-refractivity contribution in [3.8, 4) is 5.75 Å². The number of methoxy groups -OCH3 is 1. The molecule has 1 aromatic rings. The fourth-order valence-electron chi connectivity index (χ4n) is 1.63. The minimum Gasteiger partial charge on any atom is -0.495 e. The zero-order valence-electron chi connectivity index (χ0n) is 9.91. The van der Waals surface area contributed by atoms with Gasteiger partial charge in [0.2, 0.25) is 0 Å². The van der Waals surface area contributed by atoms with Crippen LogP contribution in [0.1, 0.15) is 41.4 Å². The number of aromatic carboxylic acids is 4. The van der Waals surface area contributed by atoms with Gasteiger partial charge in [-0.2, -0.15) is 0 Å². The van der Waals surface area contributed by atoms with Crippen LogP contribution >= 0.6 is 0 Å². The van der Waals surface area contributed by atoms with Gasteiger partial charge in [0.05, 0.1) is 18.2 Å².